The van der Waals surface area contributed by atoms with Crippen molar-refractivity contribution in [3.05, 3.63) is 35.9 Å². The summed E-state index contributed by atoms with van der Waals surface area (Å²) in [5.41, 5.74) is 1.20. The highest BCUT2D eigenvalue weighted by atomic mass is 16.2. The minimum atomic E-state index is 0.0477. The SMILES string of the molecule is CCC1CCCCN1C(=O)NC(CN1CCN(C)CC1)c1ccccc1. The maximum atomic E-state index is 13.0. The first-order valence-corrected chi connectivity index (χ1v) is 10.2. The predicted molar refractivity (Wildman–Crippen MR) is 106 cm³/mol. The molecule has 0 spiro atoms. The summed E-state index contributed by atoms with van der Waals surface area (Å²) in [6.45, 7) is 8.29. The molecule has 1 aromatic carbocycles. The van der Waals surface area contributed by atoms with Gasteiger partial charge < -0.3 is 15.1 Å². The van der Waals surface area contributed by atoms with Gasteiger partial charge in [-0.05, 0) is 38.3 Å². The Morgan fingerprint density at radius 2 is 1.85 bits per heavy atom. The second-order valence-corrected chi connectivity index (χ2v) is 7.77. The summed E-state index contributed by atoms with van der Waals surface area (Å²) in [5, 5.41) is 3.36. The van der Waals surface area contributed by atoms with Crippen molar-refractivity contribution in [1.29, 1.82) is 0 Å². The number of carbonyl (C=O) groups excluding carboxylic acids is 1. The van der Waals surface area contributed by atoms with Gasteiger partial charge in [-0.15, -0.1) is 0 Å². The molecule has 0 aromatic heterocycles. The van der Waals surface area contributed by atoms with Gasteiger partial charge in [-0.1, -0.05) is 37.3 Å². The monoisotopic (exact) mass is 358 g/mol. The van der Waals surface area contributed by atoms with E-state index in [-0.39, 0.29) is 12.1 Å². The van der Waals surface area contributed by atoms with Gasteiger partial charge >= 0.3 is 6.03 Å². The minimum absolute atomic E-state index is 0.0477. The molecule has 3 rings (SSSR count). The van der Waals surface area contributed by atoms with Crippen molar-refractivity contribution in [3.8, 4) is 0 Å². The zero-order valence-corrected chi connectivity index (χ0v) is 16.4. The molecular weight excluding hydrogens is 324 g/mol. The smallest absolute Gasteiger partial charge is 0.318 e. The molecule has 26 heavy (non-hydrogen) atoms. The number of rotatable bonds is 5. The van der Waals surface area contributed by atoms with Crippen LogP contribution < -0.4 is 5.32 Å². The third-order valence-electron chi connectivity index (χ3n) is 5.90. The number of carbonyl (C=O) groups is 1. The Bertz CT molecular complexity index is 556. The number of nitrogens with zero attached hydrogens (tertiary/aromatic N) is 3. The van der Waals surface area contributed by atoms with E-state index >= 15 is 0 Å². The quantitative estimate of drug-likeness (QED) is 0.880. The van der Waals surface area contributed by atoms with E-state index < -0.39 is 0 Å². The van der Waals surface area contributed by atoms with Crippen LogP contribution in [0, 0.1) is 0 Å². The van der Waals surface area contributed by atoms with E-state index in [4.69, 9.17) is 0 Å². The van der Waals surface area contributed by atoms with Gasteiger partial charge in [0.25, 0.3) is 0 Å². The van der Waals surface area contributed by atoms with Crippen LogP contribution in [0.5, 0.6) is 0 Å². The summed E-state index contributed by atoms with van der Waals surface area (Å²) in [7, 11) is 2.18. The fraction of sp³-hybridized carbons (Fsp3) is 0.667. The van der Waals surface area contributed by atoms with Crippen LogP contribution in [-0.2, 0) is 0 Å². The summed E-state index contributed by atoms with van der Waals surface area (Å²) in [5.74, 6) is 0. The molecular formula is C21H34N4O. The standard InChI is InChI=1S/C21H34N4O/c1-3-19-11-7-8-12-25(19)21(26)22-20(18-9-5-4-6-10-18)17-24-15-13-23(2)14-16-24/h4-6,9-10,19-20H,3,7-8,11-17H2,1-2H3,(H,22,26). The van der Waals surface area contributed by atoms with Crippen molar-refractivity contribution in [3.63, 3.8) is 0 Å². The van der Waals surface area contributed by atoms with E-state index in [1.165, 1.54) is 12.0 Å². The molecule has 1 aromatic rings. The molecule has 5 nitrogen and oxygen atoms in total. The van der Waals surface area contributed by atoms with Crippen LogP contribution in [-0.4, -0.2) is 73.1 Å². The molecule has 0 saturated carbocycles. The van der Waals surface area contributed by atoms with E-state index in [9.17, 15) is 4.79 Å². The molecule has 0 aliphatic carbocycles. The number of urea groups is 1. The number of amides is 2. The minimum Gasteiger partial charge on any atom is -0.330 e. The van der Waals surface area contributed by atoms with E-state index in [1.807, 2.05) is 6.07 Å². The molecule has 2 atom stereocenters. The Kier molecular flexibility index (Phi) is 6.92. The van der Waals surface area contributed by atoms with Crippen molar-refractivity contribution in [2.45, 2.75) is 44.7 Å². The fourth-order valence-corrected chi connectivity index (χ4v) is 4.13. The van der Waals surface area contributed by atoms with Crippen LogP contribution in [0.25, 0.3) is 0 Å². The van der Waals surface area contributed by atoms with Gasteiger partial charge in [-0.2, -0.15) is 0 Å². The molecule has 5 heteroatoms. The van der Waals surface area contributed by atoms with Crippen molar-refractivity contribution in [2.24, 2.45) is 0 Å². The largest absolute Gasteiger partial charge is 0.330 e. The third kappa shape index (κ3) is 4.98. The van der Waals surface area contributed by atoms with Crippen LogP contribution in [0.2, 0.25) is 0 Å². The van der Waals surface area contributed by atoms with Gasteiger partial charge in [-0.3, -0.25) is 4.90 Å². The number of piperazine rings is 1. The molecule has 2 heterocycles. The molecule has 2 fully saturated rings. The van der Waals surface area contributed by atoms with Gasteiger partial charge in [0.05, 0.1) is 6.04 Å². The van der Waals surface area contributed by atoms with Crippen molar-refractivity contribution < 1.29 is 4.79 Å². The first-order chi connectivity index (χ1) is 12.7. The number of piperidine rings is 1. The van der Waals surface area contributed by atoms with E-state index in [0.717, 1.165) is 58.5 Å². The number of likely N-dealkylation sites (N-methyl/N-ethyl adjacent to an activating group) is 1. The Labute approximate surface area is 158 Å². The van der Waals surface area contributed by atoms with Gasteiger partial charge in [0, 0.05) is 45.3 Å². The lowest BCUT2D eigenvalue weighted by Crippen LogP contribution is -2.52. The molecule has 2 amide bonds. The average molecular weight is 359 g/mol. The van der Waals surface area contributed by atoms with Gasteiger partial charge in [0.15, 0.2) is 0 Å². The Morgan fingerprint density at radius 1 is 1.12 bits per heavy atom. The zero-order valence-electron chi connectivity index (χ0n) is 16.4. The molecule has 2 unspecified atom stereocenters. The molecule has 0 bridgehead atoms. The number of benzene rings is 1. The molecule has 144 valence electrons. The molecule has 2 saturated heterocycles. The Hall–Kier alpha value is -1.59. The van der Waals surface area contributed by atoms with E-state index in [2.05, 4.69) is 58.3 Å². The fourth-order valence-electron chi connectivity index (χ4n) is 4.13. The Balaban J connectivity index is 1.68. The van der Waals surface area contributed by atoms with Crippen LogP contribution in [0.3, 0.4) is 0 Å². The van der Waals surface area contributed by atoms with Gasteiger partial charge in [-0.25, -0.2) is 4.79 Å². The Morgan fingerprint density at radius 3 is 2.54 bits per heavy atom. The second-order valence-electron chi connectivity index (χ2n) is 7.77. The first kappa shape index (κ1) is 19.2. The summed E-state index contributed by atoms with van der Waals surface area (Å²) in [4.78, 5) is 20.0. The highest BCUT2D eigenvalue weighted by Gasteiger charge is 2.28. The van der Waals surface area contributed by atoms with Crippen molar-refractivity contribution >= 4 is 6.03 Å². The lowest BCUT2D eigenvalue weighted by atomic mass is 10.0. The maximum Gasteiger partial charge on any atom is 0.318 e. The summed E-state index contributed by atoms with van der Waals surface area (Å²) in [6.07, 6.45) is 4.55. The number of hydrogen-bond donors (Lipinski definition) is 1. The van der Waals surface area contributed by atoms with Gasteiger partial charge in [0.1, 0.15) is 0 Å². The first-order valence-electron chi connectivity index (χ1n) is 10.2. The topological polar surface area (TPSA) is 38.8 Å². The summed E-state index contributed by atoms with van der Waals surface area (Å²) < 4.78 is 0. The molecule has 2 aliphatic heterocycles. The van der Waals surface area contributed by atoms with Crippen LogP contribution in [0.4, 0.5) is 4.79 Å². The van der Waals surface area contributed by atoms with Gasteiger partial charge in [0.2, 0.25) is 0 Å². The number of hydrogen-bond acceptors (Lipinski definition) is 3. The van der Waals surface area contributed by atoms with Crippen LogP contribution in [0.1, 0.15) is 44.2 Å². The van der Waals surface area contributed by atoms with E-state index in [1.54, 1.807) is 0 Å². The maximum absolute atomic E-state index is 13.0. The highest BCUT2D eigenvalue weighted by Crippen LogP contribution is 2.21. The lowest BCUT2D eigenvalue weighted by molar-refractivity contribution is 0.128. The van der Waals surface area contributed by atoms with Crippen LogP contribution >= 0.6 is 0 Å². The van der Waals surface area contributed by atoms with Crippen LogP contribution in [0.15, 0.2) is 30.3 Å². The zero-order chi connectivity index (χ0) is 18.4. The number of nitrogens with one attached hydrogen (secondary N) is 1. The highest BCUT2D eigenvalue weighted by molar-refractivity contribution is 5.75. The molecule has 2 aliphatic rings. The van der Waals surface area contributed by atoms with Crippen molar-refractivity contribution in [1.82, 2.24) is 20.0 Å². The molecule has 1 N–H and O–H groups in total. The average Bonchev–Trinajstić information content (AvgIpc) is 2.69. The summed E-state index contributed by atoms with van der Waals surface area (Å²) in [6, 6.07) is 11.0. The second kappa shape index (κ2) is 9.38. The third-order valence-corrected chi connectivity index (χ3v) is 5.90. The number of likely N-dealkylation sites (tertiary alicyclic amines) is 1. The molecule has 0 radical (unpaired) electrons. The van der Waals surface area contributed by atoms with Crippen molar-refractivity contribution in [2.75, 3.05) is 46.3 Å². The summed E-state index contributed by atoms with van der Waals surface area (Å²) >= 11 is 0. The lowest BCUT2D eigenvalue weighted by Gasteiger charge is -2.38. The van der Waals surface area contributed by atoms with E-state index in [0.29, 0.717) is 6.04 Å². The normalized spacial score (nSPS) is 23.6. The predicted octanol–water partition coefficient (Wildman–Crippen LogP) is 2.95.